The highest BCUT2D eigenvalue weighted by Gasteiger charge is 1.24. The number of carbonyl (C=O) groups is 1. The van der Waals surface area contributed by atoms with Gasteiger partial charge in [-0.15, -0.1) is 0 Å². The van der Waals surface area contributed by atoms with Gasteiger partial charge >= 0.3 is 0 Å². The number of hydrogen-bond acceptors (Lipinski definition) is 3. The van der Waals surface area contributed by atoms with Crippen LogP contribution in [0.5, 0.6) is 0 Å². The van der Waals surface area contributed by atoms with Crippen LogP contribution in [0, 0.1) is 0 Å². The Bertz CT molecular complexity index is 45.1. The number of aldehydes is 1. The number of hydrogen-bond donors (Lipinski definition) is 2. The van der Waals surface area contributed by atoms with Gasteiger partial charge in [0.1, 0.15) is 6.29 Å². The maximum absolute atomic E-state index is 8.81. The first-order valence-electron chi connectivity index (χ1n) is 2.15. The van der Waals surface area contributed by atoms with Crippen molar-refractivity contribution >= 4 is 6.29 Å². The predicted octanol–water partition coefficient (Wildman–Crippen LogP) is 1.58. The largest absolute Gasteiger partial charge is 0.516 e. The second-order valence-corrected chi connectivity index (χ2v) is 0.601. The van der Waals surface area contributed by atoms with Gasteiger partial charge in [-0.05, 0) is 6.92 Å². The van der Waals surface area contributed by atoms with Gasteiger partial charge in [-0.1, -0.05) is 13.2 Å². The summed E-state index contributed by atoms with van der Waals surface area (Å²) >= 11 is 0. The van der Waals surface area contributed by atoms with Crippen LogP contribution >= 0.6 is 0 Å². The first-order chi connectivity index (χ1) is 4.24. The van der Waals surface area contributed by atoms with Crippen LogP contribution in [0.1, 0.15) is 6.92 Å². The van der Waals surface area contributed by atoms with Crippen LogP contribution in [0.3, 0.4) is 0 Å². The van der Waals surface area contributed by atoms with E-state index in [1.807, 2.05) is 0 Å². The van der Waals surface area contributed by atoms with E-state index in [-0.39, 0.29) is 0 Å². The van der Waals surface area contributed by atoms with Crippen LogP contribution < -0.4 is 0 Å². The average molecular weight is 132 g/mol. The molecule has 0 atom stereocenters. The van der Waals surface area contributed by atoms with E-state index in [1.54, 1.807) is 0 Å². The third kappa shape index (κ3) is 97.5. The fraction of sp³-hybridized carbons (Fsp3) is 0.167. The summed E-state index contributed by atoms with van der Waals surface area (Å²) in [6, 6.07) is 0. The molecule has 0 saturated carbocycles. The van der Waals surface area contributed by atoms with Crippen molar-refractivity contribution < 1.29 is 15.0 Å². The monoisotopic (exact) mass is 132 g/mol. The van der Waals surface area contributed by atoms with Gasteiger partial charge in [0.15, 0.2) is 0 Å². The molecule has 0 amide bonds. The molecule has 0 fully saturated rings. The third-order valence-electron chi connectivity index (χ3n) is 0. The van der Waals surface area contributed by atoms with E-state index in [2.05, 4.69) is 13.2 Å². The van der Waals surface area contributed by atoms with Gasteiger partial charge in [0.25, 0.3) is 0 Å². The number of carbonyl (C=O) groups excluding carboxylic acids is 1. The molecule has 0 saturated heterocycles. The van der Waals surface area contributed by atoms with E-state index < -0.39 is 0 Å². The Labute approximate surface area is 54.9 Å². The Kier molecular flexibility index (Phi) is 127. The molecule has 0 heterocycles. The molecule has 0 aromatic rings. The fourth-order valence-electron chi connectivity index (χ4n) is 0. The molecule has 0 aliphatic heterocycles. The third-order valence-corrected chi connectivity index (χ3v) is 0. The minimum absolute atomic E-state index is 0.750. The minimum Gasteiger partial charge on any atom is -0.516 e. The minimum atomic E-state index is 0.750. The van der Waals surface area contributed by atoms with E-state index in [0.29, 0.717) is 0 Å². The van der Waals surface area contributed by atoms with E-state index in [1.165, 1.54) is 6.92 Å². The molecule has 2 N–H and O–H groups in total. The summed E-state index contributed by atoms with van der Waals surface area (Å²) in [6.45, 7) is 7.28. The van der Waals surface area contributed by atoms with Gasteiger partial charge in [-0.2, -0.15) is 0 Å². The molecule has 54 valence electrons. The lowest BCUT2D eigenvalue weighted by Crippen LogP contribution is -1.36. The lowest BCUT2D eigenvalue weighted by molar-refractivity contribution is -0.106. The standard InChI is InChI=1S/3C2H4O/c3*1-2-3/h2H,1H3;2*2-3H,1H2. The lowest BCUT2D eigenvalue weighted by Gasteiger charge is -1.41. The molecule has 3 nitrogen and oxygen atoms in total. The Balaban J connectivity index is -0.0000000600. The Hall–Kier alpha value is -1.25. The molecular formula is C6H12O3. The highest BCUT2D eigenvalue weighted by molar-refractivity contribution is 5.44. The van der Waals surface area contributed by atoms with E-state index in [4.69, 9.17) is 15.0 Å². The summed E-state index contributed by atoms with van der Waals surface area (Å²) in [5, 5.41) is 14.7. The van der Waals surface area contributed by atoms with Gasteiger partial charge in [0.05, 0.1) is 12.5 Å². The van der Waals surface area contributed by atoms with Crippen LogP contribution in [0.2, 0.25) is 0 Å². The molecule has 0 aliphatic carbocycles. The van der Waals surface area contributed by atoms with Crippen LogP contribution in [0.15, 0.2) is 25.7 Å². The Morgan fingerprint density at radius 2 is 1.22 bits per heavy atom. The van der Waals surface area contributed by atoms with Crippen molar-refractivity contribution in [3.63, 3.8) is 0 Å². The fourth-order valence-corrected chi connectivity index (χ4v) is 0. The van der Waals surface area contributed by atoms with Crippen LogP contribution in [0.4, 0.5) is 0 Å². The van der Waals surface area contributed by atoms with Gasteiger partial charge in [-0.25, -0.2) is 0 Å². The number of aliphatic hydroxyl groups is 2. The molecular weight excluding hydrogens is 120 g/mol. The zero-order valence-electron chi connectivity index (χ0n) is 5.45. The SMILES string of the molecule is C=CO.C=CO.CC=O. The van der Waals surface area contributed by atoms with E-state index in [0.717, 1.165) is 18.8 Å². The second kappa shape index (κ2) is 72.9. The number of aliphatic hydroxyl groups excluding tert-OH is 2. The Morgan fingerprint density at radius 3 is 1.22 bits per heavy atom. The van der Waals surface area contributed by atoms with Crippen LogP contribution in [0.25, 0.3) is 0 Å². The molecule has 0 unspecified atom stereocenters. The summed E-state index contributed by atoms with van der Waals surface area (Å²) in [5.41, 5.74) is 0. The highest BCUT2D eigenvalue weighted by atomic mass is 16.2. The molecule has 9 heavy (non-hydrogen) atoms. The summed E-state index contributed by atoms with van der Waals surface area (Å²) in [6.07, 6.45) is 2.25. The zero-order chi connectivity index (χ0) is 8.12. The molecule has 0 aliphatic rings. The zero-order valence-corrected chi connectivity index (χ0v) is 5.45. The normalized spacial score (nSPS) is 4.11. The molecule has 0 aromatic heterocycles. The smallest absolute Gasteiger partial charge is 0.116 e. The van der Waals surface area contributed by atoms with Crippen molar-refractivity contribution in [2.24, 2.45) is 0 Å². The summed E-state index contributed by atoms with van der Waals surface area (Å²) in [5.74, 6) is 0. The number of rotatable bonds is 0. The molecule has 0 aromatic carbocycles. The molecule has 0 spiro atoms. The van der Waals surface area contributed by atoms with Crippen LogP contribution in [-0.2, 0) is 4.79 Å². The van der Waals surface area contributed by atoms with Crippen molar-refractivity contribution in [3.8, 4) is 0 Å². The second-order valence-electron chi connectivity index (χ2n) is 0.601. The molecule has 0 bridgehead atoms. The Morgan fingerprint density at radius 1 is 1.22 bits per heavy atom. The van der Waals surface area contributed by atoms with E-state index in [9.17, 15) is 0 Å². The quantitative estimate of drug-likeness (QED) is 0.388. The molecule has 0 rings (SSSR count). The van der Waals surface area contributed by atoms with Crippen molar-refractivity contribution in [3.05, 3.63) is 25.7 Å². The van der Waals surface area contributed by atoms with Gasteiger partial charge in [0, 0.05) is 0 Å². The van der Waals surface area contributed by atoms with Crippen LogP contribution in [-0.4, -0.2) is 16.5 Å². The maximum atomic E-state index is 8.81. The van der Waals surface area contributed by atoms with Crippen molar-refractivity contribution in [2.45, 2.75) is 6.92 Å². The maximum Gasteiger partial charge on any atom is 0.116 e. The average Bonchev–Trinajstić information content (AvgIpc) is 1.70. The van der Waals surface area contributed by atoms with E-state index >= 15 is 0 Å². The molecule has 3 heteroatoms. The highest BCUT2D eigenvalue weighted by Crippen LogP contribution is 1.26. The first kappa shape index (κ1) is 15.7. The summed E-state index contributed by atoms with van der Waals surface area (Å²) < 4.78 is 0. The van der Waals surface area contributed by atoms with Gasteiger partial charge in [-0.3, -0.25) is 0 Å². The van der Waals surface area contributed by atoms with Crippen molar-refractivity contribution in [1.29, 1.82) is 0 Å². The molecule has 0 radical (unpaired) electrons. The van der Waals surface area contributed by atoms with Gasteiger partial charge < -0.3 is 15.0 Å². The predicted molar refractivity (Wildman–Crippen MR) is 37.4 cm³/mol. The topological polar surface area (TPSA) is 57.5 Å². The van der Waals surface area contributed by atoms with Gasteiger partial charge in [0.2, 0.25) is 0 Å². The van der Waals surface area contributed by atoms with Crippen molar-refractivity contribution in [1.82, 2.24) is 0 Å². The van der Waals surface area contributed by atoms with Crippen molar-refractivity contribution in [2.75, 3.05) is 0 Å². The lowest BCUT2D eigenvalue weighted by atomic mass is 11.0. The summed E-state index contributed by atoms with van der Waals surface area (Å²) in [7, 11) is 0. The summed E-state index contributed by atoms with van der Waals surface area (Å²) in [4.78, 5) is 8.81. The first-order valence-corrected chi connectivity index (χ1v) is 2.15.